The highest BCUT2D eigenvalue weighted by Crippen LogP contribution is 2.28. The first-order valence-electron chi connectivity index (χ1n) is 7.97. The van der Waals surface area contributed by atoms with E-state index in [1.165, 1.54) is 18.4 Å². The van der Waals surface area contributed by atoms with E-state index in [2.05, 4.69) is 6.07 Å². The van der Waals surface area contributed by atoms with Gasteiger partial charge in [-0.3, -0.25) is 4.98 Å². The van der Waals surface area contributed by atoms with E-state index in [0.717, 1.165) is 35.5 Å². The van der Waals surface area contributed by atoms with Gasteiger partial charge in [-0.1, -0.05) is 0 Å². The predicted octanol–water partition coefficient (Wildman–Crippen LogP) is 3.52. The van der Waals surface area contributed by atoms with Gasteiger partial charge in [0, 0.05) is 18.4 Å². The van der Waals surface area contributed by atoms with Crippen molar-refractivity contribution in [2.24, 2.45) is 0 Å². The van der Waals surface area contributed by atoms with E-state index in [9.17, 15) is 5.26 Å². The van der Waals surface area contributed by atoms with E-state index >= 15 is 0 Å². The maximum atomic E-state index is 9.45. The van der Waals surface area contributed by atoms with Crippen molar-refractivity contribution in [3.63, 3.8) is 0 Å². The molecule has 1 heterocycles. The molecule has 0 atom stereocenters. The number of fused-ring (bicyclic) bond motifs is 1. The Hall–Kier alpha value is -2.38. The Morgan fingerprint density at radius 2 is 1.91 bits per heavy atom. The molecule has 0 saturated carbocycles. The lowest BCUT2D eigenvalue weighted by Gasteiger charge is -2.17. The minimum absolute atomic E-state index is 0.524. The number of benzene rings is 1. The van der Waals surface area contributed by atoms with Crippen LogP contribution < -0.4 is 4.74 Å². The van der Waals surface area contributed by atoms with Gasteiger partial charge in [-0.15, -0.1) is 0 Å². The van der Waals surface area contributed by atoms with E-state index < -0.39 is 0 Å². The minimum atomic E-state index is 0.524. The molecule has 118 valence electrons. The molecule has 1 aliphatic rings. The highest BCUT2D eigenvalue weighted by molar-refractivity contribution is 5.68. The summed E-state index contributed by atoms with van der Waals surface area (Å²) in [5.41, 5.74) is 4.76. The van der Waals surface area contributed by atoms with Gasteiger partial charge in [-0.25, -0.2) is 0 Å². The molecule has 3 rings (SSSR count). The first kappa shape index (κ1) is 15.5. The quantitative estimate of drug-likeness (QED) is 0.793. The van der Waals surface area contributed by atoms with Crippen LogP contribution in [0.15, 0.2) is 30.3 Å². The molecule has 0 saturated heterocycles. The average molecular weight is 308 g/mol. The van der Waals surface area contributed by atoms with Crippen molar-refractivity contribution >= 4 is 0 Å². The van der Waals surface area contributed by atoms with Crippen LogP contribution in [0.25, 0.3) is 11.3 Å². The van der Waals surface area contributed by atoms with Gasteiger partial charge in [0.05, 0.1) is 17.9 Å². The molecule has 0 N–H and O–H groups in total. The number of hydrogen-bond acceptors (Lipinski definition) is 4. The van der Waals surface area contributed by atoms with E-state index in [1.54, 1.807) is 7.11 Å². The van der Waals surface area contributed by atoms with Gasteiger partial charge in [-0.05, 0) is 61.6 Å². The summed E-state index contributed by atoms with van der Waals surface area (Å²) in [5, 5.41) is 9.45. The molecule has 0 radical (unpaired) electrons. The second-order valence-corrected chi connectivity index (χ2v) is 5.67. The topological polar surface area (TPSA) is 55.1 Å². The van der Waals surface area contributed by atoms with Crippen molar-refractivity contribution in [3.8, 4) is 23.1 Å². The van der Waals surface area contributed by atoms with Crippen molar-refractivity contribution in [2.45, 2.75) is 25.7 Å². The molecule has 0 fully saturated rings. The van der Waals surface area contributed by atoms with Crippen molar-refractivity contribution in [2.75, 3.05) is 20.3 Å². The zero-order chi connectivity index (χ0) is 16.1. The van der Waals surface area contributed by atoms with Crippen LogP contribution in [0, 0.1) is 11.3 Å². The summed E-state index contributed by atoms with van der Waals surface area (Å²) in [5.74, 6) is 0.794. The molecule has 0 spiro atoms. The van der Waals surface area contributed by atoms with E-state index in [4.69, 9.17) is 14.5 Å². The Morgan fingerprint density at radius 1 is 1.13 bits per heavy atom. The Labute approximate surface area is 136 Å². The SMILES string of the molecule is COCCOc1ccc(-c2nc3c(cc2C#N)CCCC3)cc1. The van der Waals surface area contributed by atoms with Crippen LogP contribution >= 0.6 is 0 Å². The summed E-state index contributed by atoms with van der Waals surface area (Å²) >= 11 is 0. The van der Waals surface area contributed by atoms with E-state index in [1.807, 2.05) is 30.3 Å². The number of aryl methyl sites for hydroxylation is 2. The summed E-state index contributed by atoms with van der Waals surface area (Å²) < 4.78 is 10.5. The third-order valence-electron chi connectivity index (χ3n) is 4.11. The van der Waals surface area contributed by atoms with Crippen LogP contribution in [0.5, 0.6) is 5.75 Å². The van der Waals surface area contributed by atoms with Crippen molar-refractivity contribution in [1.82, 2.24) is 4.98 Å². The number of ether oxygens (including phenoxy) is 2. The molecule has 0 amide bonds. The van der Waals surface area contributed by atoms with Crippen molar-refractivity contribution in [3.05, 3.63) is 47.2 Å². The maximum Gasteiger partial charge on any atom is 0.119 e. The molecule has 0 bridgehead atoms. The highest BCUT2D eigenvalue weighted by Gasteiger charge is 2.16. The van der Waals surface area contributed by atoms with Crippen LogP contribution in [0.4, 0.5) is 0 Å². The highest BCUT2D eigenvalue weighted by atomic mass is 16.5. The number of aromatic nitrogens is 1. The molecule has 2 aromatic rings. The molecule has 0 unspecified atom stereocenters. The van der Waals surface area contributed by atoms with E-state index in [0.29, 0.717) is 18.8 Å². The van der Waals surface area contributed by atoms with Crippen LogP contribution in [0.2, 0.25) is 0 Å². The lowest BCUT2D eigenvalue weighted by atomic mass is 9.93. The molecule has 0 aliphatic heterocycles. The summed E-state index contributed by atoms with van der Waals surface area (Å²) in [6.07, 6.45) is 4.40. The third kappa shape index (κ3) is 3.52. The normalized spacial score (nSPS) is 13.2. The fourth-order valence-corrected chi connectivity index (χ4v) is 2.89. The average Bonchev–Trinajstić information content (AvgIpc) is 2.61. The molecule has 1 aromatic carbocycles. The number of methoxy groups -OCH3 is 1. The van der Waals surface area contributed by atoms with E-state index in [-0.39, 0.29) is 0 Å². The summed E-state index contributed by atoms with van der Waals surface area (Å²) in [6.45, 7) is 1.09. The third-order valence-corrected chi connectivity index (χ3v) is 4.11. The molecule has 4 nitrogen and oxygen atoms in total. The van der Waals surface area contributed by atoms with Gasteiger partial charge in [0.1, 0.15) is 18.4 Å². The van der Waals surface area contributed by atoms with Crippen LogP contribution in [-0.2, 0) is 17.6 Å². The molecular formula is C19H20N2O2. The Balaban J connectivity index is 1.87. The van der Waals surface area contributed by atoms with Crippen molar-refractivity contribution in [1.29, 1.82) is 5.26 Å². The fraction of sp³-hybridized carbons (Fsp3) is 0.368. The molecular weight excluding hydrogens is 288 g/mol. The van der Waals surface area contributed by atoms with Crippen molar-refractivity contribution < 1.29 is 9.47 Å². The van der Waals surface area contributed by atoms with Gasteiger partial charge < -0.3 is 9.47 Å². The fourth-order valence-electron chi connectivity index (χ4n) is 2.89. The minimum Gasteiger partial charge on any atom is -0.491 e. The summed E-state index contributed by atoms with van der Waals surface area (Å²) in [7, 11) is 1.65. The monoisotopic (exact) mass is 308 g/mol. The number of nitrogens with zero attached hydrogens (tertiary/aromatic N) is 2. The number of nitriles is 1. The van der Waals surface area contributed by atoms with Crippen LogP contribution in [-0.4, -0.2) is 25.3 Å². The molecule has 4 heteroatoms. The maximum absolute atomic E-state index is 9.45. The van der Waals surface area contributed by atoms with Crippen LogP contribution in [0.1, 0.15) is 29.7 Å². The first-order chi connectivity index (χ1) is 11.3. The Morgan fingerprint density at radius 3 is 2.65 bits per heavy atom. The Kier molecular flexibility index (Phi) is 4.89. The first-order valence-corrected chi connectivity index (χ1v) is 7.97. The number of hydrogen-bond donors (Lipinski definition) is 0. The number of pyridine rings is 1. The smallest absolute Gasteiger partial charge is 0.119 e. The second-order valence-electron chi connectivity index (χ2n) is 5.67. The van der Waals surface area contributed by atoms with Gasteiger partial charge in [0.2, 0.25) is 0 Å². The lowest BCUT2D eigenvalue weighted by molar-refractivity contribution is 0.146. The lowest BCUT2D eigenvalue weighted by Crippen LogP contribution is -2.07. The largest absolute Gasteiger partial charge is 0.491 e. The predicted molar refractivity (Wildman–Crippen MR) is 88.4 cm³/mol. The molecule has 1 aromatic heterocycles. The van der Waals surface area contributed by atoms with Gasteiger partial charge in [-0.2, -0.15) is 5.26 Å². The Bertz CT molecular complexity index is 717. The zero-order valence-corrected chi connectivity index (χ0v) is 13.3. The van der Waals surface area contributed by atoms with Gasteiger partial charge >= 0.3 is 0 Å². The summed E-state index contributed by atoms with van der Waals surface area (Å²) in [6, 6.07) is 12.0. The second kappa shape index (κ2) is 7.26. The standard InChI is InChI=1S/C19H20N2O2/c1-22-10-11-23-17-8-6-14(7-9-17)19-16(13-20)12-15-4-2-3-5-18(15)21-19/h6-9,12H,2-5,10-11H2,1H3. The summed E-state index contributed by atoms with van der Waals surface area (Å²) in [4.78, 5) is 4.78. The van der Waals surface area contributed by atoms with Gasteiger partial charge in [0.25, 0.3) is 0 Å². The van der Waals surface area contributed by atoms with Crippen LogP contribution in [0.3, 0.4) is 0 Å². The molecule has 23 heavy (non-hydrogen) atoms. The number of rotatable bonds is 5. The zero-order valence-electron chi connectivity index (χ0n) is 13.3. The molecule has 1 aliphatic carbocycles. The van der Waals surface area contributed by atoms with Gasteiger partial charge in [0.15, 0.2) is 0 Å².